The van der Waals surface area contributed by atoms with E-state index in [0.29, 0.717) is 0 Å². The molecule has 0 aromatic heterocycles. The standard InChI is InChI=1S/C9H11ClO4S/c10-15(13,14)6-9(12)5-7-1-3-8(11)4-2-7/h1-4,9,11-12H,5-6H2. The summed E-state index contributed by atoms with van der Waals surface area (Å²) in [6.45, 7) is 0. The van der Waals surface area contributed by atoms with Crippen LogP contribution in [0.15, 0.2) is 24.3 Å². The molecule has 2 N–H and O–H groups in total. The van der Waals surface area contributed by atoms with Gasteiger partial charge in [0, 0.05) is 10.7 Å². The Balaban J connectivity index is 2.59. The number of phenols is 1. The minimum Gasteiger partial charge on any atom is -0.508 e. The first-order valence-electron chi connectivity index (χ1n) is 4.25. The minimum absolute atomic E-state index is 0.123. The van der Waals surface area contributed by atoms with Crippen LogP contribution in [0.2, 0.25) is 0 Å². The average molecular weight is 251 g/mol. The van der Waals surface area contributed by atoms with Crippen molar-refractivity contribution < 1.29 is 18.6 Å². The van der Waals surface area contributed by atoms with E-state index in [9.17, 15) is 13.5 Å². The minimum atomic E-state index is -3.68. The number of aliphatic hydroxyl groups excluding tert-OH is 1. The van der Waals surface area contributed by atoms with Gasteiger partial charge in [0.15, 0.2) is 0 Å². The Hall–Kier alpha value is -0.780. The molecule has 1 aromatic rings. The molecule has 1 rings (SSSR count). The molecule has 1 aromatic carbocycles. The summed E-state index contributed by atoms with van der Waals surface area (Å²) in [7, 11) is 1.31. The van der Waals surface area contributed by atoms with Gasteiger partial charge < -0.3 is 10.2 Å². The van der Waals surface area contributed by atoms with Crippen molar-refractivity contribution in [3.63, 3.8) is 0 Å². The Bertz CT molecular complexity index is 412. The normalized spacial score (nSPS) is 13.7. The molecule has 0 spiro atoms. The van der Waals surface area contributed by atoms with Gasteiger partial charge in [-0.1, -0.05) is 12.1 Å². The zero-order valence-electron chi connectivity index (χ0n) is 7.80. The van der Waals surface area contributed by atoms with Crippen LogP contribution in [0.5, 0.6) is 5.75 Å². The number of hydrogen-bond donors (Lipinski definition) is 2. The van der Waals surface area contributed by atoms with E-state index in [1.54, 1.807) is 12.1 Å². The van der Waals surface area contributed by atoms with E-state index in [1.165, 1.54) is 12.1 Å². The molecule has 0 aliphatic rings. The summed E-state index contributed by atoms with van der Waals surface area (Å²) in [4.78, 5) is 0. The Labute approximate surface area is 92.5 Å². The molecule has 0 saturated heterocycles. The summed E-state index contributed by atoms with van der Waals surface area (Å²) in [5.74, 6) is -0.353. The van der Waals surface area contributed by atoms with Crippen LogP contribution in [0.25, 0.3) is 0 Å². The third-order valence-corrected chi connectivity index (χ3v) is 2.96. The molecule has 0 radical (unpaired) electrons. The molecular weight excluding hydrogens is 240 g/mol. The molecule has 15 heavy (non-hydrogen) atoms. The van der Waals surface area contributed by atoms with Crippen molar-refractivity contribution in [3.05, 3.63) is 29.8 Å². The second kappa shape index (κ2) is 4.83. The number of halogens is 1. The molecule has 6 heteroatoms. The molecular formula is C9H11ClO4S. The topological polar surface area (TPSA) is 74.6 Å². The van der Waals surface area contributed by atoms with E-state index in [1.807, 2.05) is 0 Å². The van der Waals surface area contributed by atoms with Crippen molar-refractivity contribution in [1.29, 1.82) is 0 Å². The summed E-state index contributed by atoms with van der Waals surface area (Å²) in [6, 6.07) is 6.16. The van der Waals surface area contributed by atoms with E-state index in [4.69, 9.17) is 15.8 Å². The lowest BCUT2D eigenvalue weighted by Crippen LogP contribution is -2.19. The van der Waals surface area contributed by atoms with Crippen molar-refractivity contribution in [2.24, 2.45) is 0 Å². The molecule has 0 bridgehead atoms. The highest BCUT2D eigenvalue weighted by Gasteiger charge is 2.14. The number of rotatable bonds is 4. The molecule has 84 valence electrons. The SMILES string of the molecule is O=S(=O)(Cl)CC(O)Cc1ccc(O)cc1. The Morgan fingerprint density at radius 1 is 1.27 bits per heavy atom. The lowest BCUT2D eigenvalue weighted by molar-refractivity contribution is 0.198. The fraction of sp³-hybridized carbons (Fsp3) is 0.333. The lowest BCUT2D eigenvalue weighted by atomic mass is 10.1. The predicted octanol–water partition coefficient (Wildman–Crippen LogP) is 0.864. The van der Waals surface area contributed by atoms with Crippen LogP contribution >= 0.6 is 10.7 Å². The molecule has 1 unspecified atom stereocenters. The molecule has 0 saturated carbocycles. The quantitative estimate of drug-likeness (QED) is 0.778. The second-order valence-corrected chi connectivity index (χ2v) is 6.05. The van der Waals surface area contributed by atoms with Crippen molar-refractivity contribution in [2.45, 2.75) is 12.5 Å². The van der Waals surface area contributed by atoms with Crippen LogP contribution in [-0.2, 0) is 15.5 Å². The van der Waals surface area contributed by atoms with Gasteiger partial charge in [-0.05, 0) is 24.1 Å². The Kier molecular flexibility index (Phi) is 3.96. The molecule has 4 nitrogen and oxygen atoms in total. The summed E-state index contributed by atoms with van der Waals surface area (Å²) in [5, 5.41) is 18.4. The Morgan fingerprint density at radius 3 is 2.27 bits per heavy atom. The highest BCUT2D eigenvalue weighted by Crippen LogP contribution is 2.12. The van der Waals surface area contributed by atoms with Gasteiger partial charge in [-0.25, -0.2) is 8.42 Å². The van der Waals surface area contributed by atoms with Crippen LogP contribution in [0, 0.1) is 0 Å². The lowest BCUT2D eigenvalue weighted by Gasteiger charge is -2.08. The summed E-state index contributed by atoms with van der Waals surface area (Å²) >= 11 is 0. The van der Waals surface area contributed by atoms with Gasteiger partial charge >= 0.3 is 0 Å². The van der Waals surface area contributed by atoms with Gasteiger partial charge in [-0.15, -0.1) is 0 Å². The van der Waals surface area contributed by atoms with Gasteiger partial charge in [0.1, 0.15) is 5.75 Å². The predicted molar refractivity (Wildman–Crippen MR) is 57.5 cm³/mol. The van der Waals surface area contributed by atoms with Crippen LogP contribution in [-0.4, -0.2) is 30.5 Å². The first-order valence-corrected chi connectivity index (χ1v) is 6.73. The number of benzene rings is 1. The second-order valence-electron chi connectivity index (χ2n) is 3.23. The van der Waals surface area contributed by atoms with Crippen molar-refractivity contribution in [3.8, 4) is 5.75 Å². The maximum Gasteiger partial charge on any atom is 0.235 e. The monoisotopic (exact) mass is 250 g/mol. The highest BCUT2D eigenvalue weighted by molar-refractivity contribution is 8.13. The third kappa shape index (κ3) is 5.01. The zero-order chi connectivity index (χ0) is 11.5. The van der Waals surface area contributed by atoms with E-state index in [2.05, 4.69) is 0 Å². The van der Waals surface area contributed by atoms with Gasteiger partial charge in [-0.3, -0.25) is 0 Å². The van der Waals surface area contributed by atoms with Crippen molar-refractivity contribution in [1.82, 2.24) is 0 Å². The van der Waals surface area contributed by atoms with Crippen LogP contribution in [0.1, 0.15) is 5.56 Å². The van der Waals surface area contributed by atoms with Gasteiger partial charge in [0.25, 0.3) is 0 Å². The smallest absolute Gasteiger partial charge is 0.235 e. The first kappa shape index (κ1) is 12.3. The largest absolute Gasteiger partial charge is 0.508 e. The molecule has 1 atom stereocenters. The van der Waals surface area contributed by atoms with Crippen molar-refractivity contribution in [2.75, 3.05) is 5.75 Å². The summed E-state index contributed by atoms with van der Waals surface area (Å²) in [5.41, 5.74) is 0.737. The van der Waals surface area contributed by atoms with E-state index in [0.717, 1.165) is 5.56 Å². The van der Waals surface area contributed by atoms with Gasteiger partial charge in [0.2, 0.25) is 9.05 Å². The van der Waals surface area contributed by atoms with E-state index >= 15 is 0 Å². The van der Waals surface area contributed by atoms with Crippen LogP contribution < -0.4 is 0 Å². The van der Waals surface area contributed by atoms with Gasteiger partial charge in [-0.2, -0.15) is 0 Å². The Morgan fingerprint density at radius 2 is 1.80 bits per heavy atom. The molecule has 0 fully saturated rings. The summed E-state index contributed by atoms with van der Waals surface area (Å²) < 4.78 is 21.3. The third-order valence-electron chi connectivity index (χ3n) is 1.80. The molecule has 0 amide bonds. The molecule has 0 aliphatic heterocycles. The van der Waals surface area contributed by atoms with Crippen LogP contribution in [0.3, 0.4) is 0 Å². The number of phenolic OH excluding ortho intramolecular Hbond substituents is 1. The van der Waals surface area contributed by atoms with E-state index in [-0.39, 0.29) is 12.2 Å². The first-order chi connectivity index (χ1) is 6.87. The van der Waals surface area contributed by atoms with Crippen molar-refractivity contribution >= 4 is 19.7 Å². The number of aliphatic hydroxyl groups is 1. The van der Waals surface area contributed by atoms with Crippen LogP contribution in [0.4, 0.5) is 0 Å². The van der Waals surface area contributed by atoms with Gasteiger partial charge in [0.05, 0.1) is 11.9 Å². The van der Waals surface area contributed by atoms with E-state index < -0.39 is 20.9 Å². The fourth-order valence-electron chi connectivity index (χ4n) is 1.19. The number of aromatic hydroxyl groups is 1. The number of hydrogen-bond acceptors (Lipinski definition) is 4. The molecule has 0 heterocycles. The average Bonchev–Trinajstić information content (AvgIpc) is 2.05. The maximum atomic E-state index is 10.7. The summed E-state index contributed by atoms with van der Waals surface area (Å²) in [6.07, 6.45) is -0.844. The molecule has 0 aliphatic carbocycles. The maximum absolute atomic E-state index is 10.7. The zero-order valence-corrected chi connectivity index (χ0v) is 9.37. The highest BCUT2D eigenvalue weighted by atomic mass is 35.7. The fourth-order valence-corrected chi connectivity index (χ4v) is 2.21.